The van der Waals surface area contributed by atoms with Crippen LogP contribution < -0.4 is 5.32 Å². The molecular weight excluding hydrogens is 238 g/mol. The third-order valence-electron chi connectivity index (χ3n) is 3.47. The second-order valence-electron chi connectivity index (χ2n) is 5.79. The molecule has 2 N–H and O–H groups in total. The van der Waals surface area contributed by atoms with Crippen molar-refractivity contribution in [2.45, 2.75) is 72.8 Å². The molecule has 0 aliphatic heterocycles. The predicted molar refractivity (Wildman–Crippen MR) is 81.8 cm³/mol. The monoisotopic (exact) mass is 271 g/mol. The molecule has 0 aliphatic rings. The van der Waals surface area contributed by atoms with Crippen molar-refractivity contribution in [1.29, 1.82) is 0 Å². The fraction of sp³-hybridized carbons (Fsp3) is 0.875. The number of ether oxygens (including phenoxy) is 1. The van der Waals surface area contributed by atoms with E-state index < -0.39 is 6.41 Å². The van der Waals surface area contributed by atoms with E-state index >= 15 is 0 Å². The maximum absolute atomic E-state index is 9.62. The maximum atomic E-state index is 9.62. The lowest BCUT2D eigenvalue weighted by Crippen LogP contribution is -2.35. The minimum Gasteiger partial charge on any atom is -0.356 e. The Balaban J connectivity index is 3.56. The minimum atomic E-state index is -0.874. The molecule has 114 valence electrons. The predicted octanol–water partition coefficient (Wildman–Crippen LogP) is 3.69. The number of hydrogen-bond acceptors (Lipinski definition) is 3. The first-order valence-corrected chi connectivity index (χ1v) is 7.69. The normalized spacial score (nSPS) is 17.0. The Hall–Kier alpha value is -0.380. The lowest BCUT2D eigenvalue weighted by Gasteiger charge is -2.21. The number of allylic oxidation sites excluding steroid dienone is 1. The molecule has 19 heavy (non-hydrogen) atoms. The third-order valence-corrected chi connectivity index (χ3v) is 3.47. The van der Waals surface area contributed by atoms with Crippen LogP contribution in [0.2, 0.25) is 0 Å². The zero-order chi connectivity index (χ0) is 14.7. The van der Waals surface area contributed by atoms with Crippen molar-refractivity contribution in [3.63, 3.8) is 0 Å². The standard InChI is InChI=1S/C16H33NO2/c1-6-10-14(4)11-8-7-9-12-17-16(18)19-15(5)13(2)3/h7,9,13-18H,6,8,10-12H2,1-5H3/b9-7+/t14-,15-,16?/m1/s1. The molecule has 0 saturated carbocycles. The van der Waals surface area contributed by atoms with Crippen molar-refractivity contribution >= 4 is 0 Å². The van der Waals surface area contributed by atoms with E-state index in [4.69, 9.17) is 4.74 Å². The molecule has 0 aliphatic carbocycles. The molecule has 0 aromatic heterocycles. The van der Waals surface area contributed by atoms with Gasteiger partial charge in [0.2, 0.25) is 6.41 Å². The van der Waals surface area contributed by atoms with Crippen molar-refractivity contribution in [3.05, 3.63) is 12.2 Å². The smallest absolute Gasteiger partial charge is 0.214 e. The third kappa shape index (κ3) is 11.2. The van der Waals surface area contributed by atoms with Gasteiger partial charge in [-0.2, -0.15) is 0 Å². The first kappa shape index (κ1) is 18.6. The maximum Gasteiger partial charge on any atom is 0.214 e. The molecule has 0 bridgehead atoms. The number of hydrogen-bond donors (Lipinski definition) is 2. The molecule has 0 rings (SSSR count). The Morgan fingerprint density at radius 1 is 1.11 bits per heavy atom. The summed E-state index contributed by atoms with van der Waals surface area (Å²) in [4.78, 5) is 0. The van der Waals surface area contributed by atoms with Crippen molar-refractivity contribution in [1.82, 2.24) is 5.32 Å². The van der Waals surface area contributed by atoms with Gasteiger partial charge in [-0.15, -0.1) is 0 Å². The molecule has 0 spiro atoms. The Morgan fingerprint density at radius 2 is 1.79 bits per heavy atom. The molecular formula is C16H33NO2. The molecule has 0 aromatic carbocycles. The van der Waals surface area contributed by atoms with Crippen molar-refractivity contribution in [3.8, 4) is 0 Å². The highest BCUT2D eigenvalue weighted by Crippen LogP contribution is 2.12. The topological polar surface area (TPSA) is 41.5 Å². The van der Waals surface area contributed by atoms with Gasteiger partial charge in [0.25, 0.3) is 0 Å². The summed E-state index contributed by atoms with van der Waals surface area (Å²) in [6.45, 7) is 11.3. The summed E-state index contributed by atoms with van der Waals surface area (Å²) < 4.78 is 5.40. The van der Waals surface area contributed by atoms with E-state index in [1.807, 2.05) is 6.92 Å². The van der Waals surface area contributed by atoms with Crippen molar-refractivity contribution in [2.75, 3.05) is 6.54 Å². The van der Waals surface area contributed by atoms with Crippen LogP contribution in [0.3, 0.4) is 0 Å². The van der Waals surface area contributed by atoms with Crippen LogP contribution in [0.1, 0.15) is 60.3 Å². The van der Waals surface area contributed by atoms with Gasteiger partial charge in [-0.25, -0.2) is 0 Å². The molecule has 0 heterocycles. The van der Waals surface area contributed by atoms with E-state index in [9.17, 15) is 5.11 Å². The molecule has 3 atom stereocenters. The van der Waals surface area contributed by atoms with Gasteiger partial charge in [0.05, 0.1) is 6.10 Å². The first-order chi connectivity index (χ1) is 8.97. The fourth-order valence-corrected chi connectivity index (χ4v) is 1.80. The van der Waals surface area contributed by atoms with Gasteiger partial charge < -0.3 is 9.84 Å². The summed E-state index contributed by atoms with van der Waals surface area (Å²) in [6, 6.07) is 0. The summed E-state index contributed by atoms with van der Waals surface area (Å²) in [6.07, 6.45) is 8.36. The van der Waals surface area contributed by atoms with E-state index in [1.54, 1.807) is 0 Å². The van der Waals surface area contributed by atoms with Gasteiger partial charge >= 0.3 is 0 Å². The highest BCUT2D eigenvalue weighted by Gasteiger charge is 2.11. The largest absolute Gasteiger partial charge is 0.356 e. The van der Waals surface area contributed by atoms with Gasteiger partial charge in [-0.3, -0.25) is 5.32 Å². The zero-order valence-corrected chi connectivity index (χ0v) is 13.4. The van der Waals surface area contributed by atoms with E-state index in [1.165, 1.54) is 19.3 Å². The summed E-state index contributed by atoms with van der Waals surface area (Å²) in [7, 11) is 0. The van der Waals surface area contributed by atoms with Crippen LogP contribution in [0.5, 0.6) is 0 Å². The van der Waals surface area contributed by atoms with Gasteiger partial charge in [0.1, 0.15) is 0 Å². The van der Waals surface area contributed by atoms with Gasteiger partial charge in [-0.05, 0) is 31.6 Å². The number of aliphatic hydroxyl groups is 1. The van der Waals surface area contributed by atoms with Gasteiger partial charge in [0.15, 0.2) is 0 Å². The second-order valence-corrected chi connectivity index (χ2v) is 5.79. The van der Waals surface area contributed by atoms with Crippen molar-refractivity contribution in [2.24, 2.45) is 11.8 Å². The Bertz CT molecular complexity index is 229. The molecule has 0 fully saturated rings. The lowest BCUT2D eigenvalue weighted by molar-refractivity contribution is -0.157. The van der Waals surface area contributed by atoms with Crippen LogP contribution in [0.25, 0.3) is 0 Å². The van der Waals surface area contributed by atoms with Crippen LogP contribution in [0.15, 0.2) is 12.2 Å². The minimum absolute atomic E-state index is 0.0568. The summed E-state index contributed by atoms with van der Waals surface area (Å²) >= 11 is 0. The summed E-state index contributed by atoms with van der Waals surface area (Å²) in [5, 5.41) is 12.5. The highest BCUT2D eigenvalue weighted by atomic mass is 16.6. The lowest BCUT2D eigenvalue weighted by atomic mass is 10.0. The molecule has 0 radical (unpaired) electrons. The zero-order valence-electron chi connectivity index (χ0n) is 13.4. The molecule has 3 nitrogen and oxygen atoms in total. The van der Waals surface area contributed by atoms with E-state index in [-0.39, 0.29) is 6.10 Å². The summed E-state index contributed by atoms with van der Waals surface area (Å²) in [5.74, 6) is 1.22. The average Bonchev–Trinajstić information content (AvgIpc) is 2.33. The van der Waals surface area contributed by atoms with E-state index in [0.717, 1.165) is 12.3 Å². The molecule has 0 aromatic rings. The van der Waals surface area contributed by atoms with Crippen LogP contribution in [-0.2, 0) is 4.74 Å². The quantitative estimate of drug-likeness (QED) is 0.445. The second kappa shape index (κ2) is 11.4. The molecule has 0 amide bonds. The van der Waals surface area contributed by atoms with Crippen molar-refractivity contribution < 1.29 is 9.84 Å². The average molecular weight is 271 g/mol. The molecule has 0 saturated heterocycles. The summed E-state index contributed by atoms with van der Waals surface area (Å²) in [5.41, 5.74) is 0. The SMILES string of the molecule is CCC[C@@H](C)CC/C=C/CNC(O)O[C@H](C)C(C)C. The number of rotatable bonds is 11. The molecule has 3 heteroatoms. The number of aliphatic hydroxyl groups excluding tert-OH is 1. The molecule has 1 unspecified atom stereocenters. The fourth-order valence-electron chi connectivity index (χ4n) is 1.80. The Kier molecular flexibility index (Phi) is 11.2. The van der Waals surface area contributed by atoms with Crippen LogP contribution in [0, 0.1) is 11.8 Å². The Morgan fingerprint density at radius 3 is 2.37 bits per heavy atom. The van der Waals surface area contributed by atoms with Gasteiger partial charge in [-0.1, -0.05) is 52.7 Å². The number of nitrogens with one attached hydrogen (secondary N) is 1. The van der Waals surface area contributed by atoms with E-state index in [2.05, 4.69) is 45.2 Å². The first-order valence-electron chi connectivity index (χ1n) is 7.69. The van der Waals surface area contributed by atoms with Crippen LogP contribution in [0.4, 0.5) is 0 Å². The van der Waals surface area contributed by atoms with E-state index in [0.29, 0.717) is 12.5 Å². The van der Waals surface area contributed by atoms with Gasteiger partial charge in [0, 0.05) is 6.54 Å². The Labute approximate surface area is 119 Å². The van der Waals surface area contributed by atoms with Crippen LogP contribution >= 0.6 is 0 Å². The highest BCUT2D eigenvalue weighted by molar-refractivity contribution is 4.84. The van der Waals surface area contributed by atoms with Crippen LogP contribution in [-0.4, -0.2) is 24.2 Å².